The van der Waals surface area contributed by atoms with Crippen molar-refractivity contribution in [3.63, 3.8) is 0 Å². The molecule has 80 valence electrons. The van der Waals surface area contributed by atoms with Crippen LogP contribution in [-0.2, 0) is 13.5 Å². The van der Waals surface area contributed by atoms with Crippen molar-refractivity contribution in [2.75, 3.05) is 13.6 Å². The van der Waals surface area contributed by atoms with E-state index in [2.05, 4.69) is 34.6 Å². The summed E-state index contributed by atoms with van der Waals surface area (Å²) in [6, 6.07) is 0. The molecule has 0 radical (unpaired) electrons. The van der Waals surface area contributed by atoms with E-state index in [1.54, 1.807) is 7.05 Å². The van der Waals surface area contributed by atoms with Gasteiger partial charge in [0.2, 0.25) is 0 Å². The van der Waals surface area contributed by atoms with Crippen molar-refractivity contribution in [2.45, 2.75) is 20.3 Å². The minimum atomic E-state index is 0.573. The minimum absolute atomic E-state index is 0.573. The third-order valence-corrected chi connectivity index (χ3v) is 2.40. The molecule has 5 heteroatoms. The number of aryl methyl sites for hydroxylation is 1. The number of nitrogens with zero attached hydrogens (tertiary/aromatic N) is 4. The molecule has 0 amide bonds. The maximum Gasteiger partial charge on any atom is 0.175 e. The summed E-state index contributed by atoms with van der Waals surface area (Å²) in [5.74, 6) is 2.04. The summed E-state index contributed by atoms with van der Waals surface area (Å²) in [7, 11) is 3.76. The summed E-state index contributed by atoms with van der Waals surface area (Å²) in [4.78, 5) is 1.51. The van der Waals surface area contributed by atoms with Gasteiger partial charge >= 0.3 is 0 Å². The monoisotopic (exact) mass is 197 g/mol. The highest BCUT2D eigenvalue weighted by molar-refractivity contribution is 4.82. The number of hydrogen-bond donors (Lipinski definition) is 1. The Morgan fingerprint density at radius 2 is 2.14 bits per heavy atom. The van der Waals surface area contributed by atoms with E-state index in [1.807, 2.05) is 7.05 Å². The lowest BCUT2D eigenvalue weighted by atomic mass is 9.92. The first-order valence-corrected chi connectivity index (χ1v) is 5.01. The Kier molecular flexibility index (Phi) is 4.00. The average Bonchev–Trinajstić information content (AvgIpc) is 2.50. The summed E-state index contributed by atoms with van der Waals surface area (Å²) in [5, 5.41) is 15.2. The standard InChI is InChI=1S/C9H19N5/c1-7(2)8(6-10-3)5-9-11-13-14(4)12-9/h7-8,10H,5-6H2,1-4H3. The Morgan fingerprint density at radius 1 is 1.43 bits per heavy atom. The third-order valence-electron chi connectivity index (χ3n) is 2.40. The number of rotatable bonds is 5. The molecule has 0 aliphatic rings. The molecule has 0 saturated carbocycles. The average molecular weight is 197 g/mol. The highest BCUT2D eigenvalue weighted by Crippen LogP contribution is 2.13. The van der Waals surface area contributed by atoms with E-state index in [4.69, 9.17) is 0 Å². The van der Waals surface area contributed by atoms with Gasteiger partial charge in [-0.05, 0) is 30.6 Å². The SMILES string of the molecule is CNCC(Cc1nnn(C)n1)C(C)C. The van der Waals surface area contributed by atoms with Crippen LogP contribution >= 0.6 is 0 Å². The number of tetrazole rings is 1. The van der Waals surface area contributed by atoms with Crippen molar-refractivity contribution in [1.82, 2.24) is 25.5 Å². The van der Waals surface area contributed by atoms with Crippen molar-refractivity contribution in [2.24, 2.45) is 18.9 Å². The molecular formula is C9H19N5. The first-order chi connectivity index (χ1) is 6.63. The molecule has 1 N–H and O–H groups in total. The van der Waals surface area contributed by atoms with Gasteiger partial charge in [0.15, 0.2) is 5.82 Å². The molecule has 0 spiro atoms. The Morgan fingerprint density at radius 3 is 2.57 bits per heavy atom. The topological polar surface area (TPSA) is 55.6 Å². The lowest BCUT2D eigenvalue weighted by Gasteiger charge is -2.18. The number of aromatic nitrogens is 4. The van der Waals surface area contributed by atoms with E-state index in [9.17, 15) is 0 Å². The normalized spacial score (nSPS) is 13.5. The van der Waals surface area contributed by atoms with Crippen LogP contribution in [0.3, 0.4) is 0 Å². The molecule has 0 aromatic carbocycles. The third kappa shape index (κ3) is 3.06. The Labute approximate surface area is 84.9 Å². The fourth-order valence-electron chi connectivity index (χ4n) is 1.45. The van der Waals surface area contributed by atoms with Gasteiger partial charge in [-0.15, -0.1) is 10.2 Å². The second-order valence-electron chi connectivity index (χ2n) is 3.96. The molecule has 0 saturated heterocycles. The molecular weight excluding hydrogens is 178 g/mol. The molecule has 14 heavy (non-hydrogen) atoms. The van der Waals surface area contributed by atoms with Crippen LogP contribution in [0.2, 0.25) is 0 Å². The van der Waals surface area contributed by atoms with Crippen LogP contribution in [-0.4, -0.2) is 33.8 Å². The zero-order valence-corrected chi connectivity index (χ0v) is 9.36. The molecule has 0 bridgehead atoms. The first kappa shape index (κ1) is 11.1. The summed E-state index contributed by atoms with van der Waals surface area (Å²) in [5.41, 5.74) is 0. The van der Waals surface area contributed by atoms with E-state index in [0.29, 0.717) is 11.8 Å². The predicted octanol–water partition coefficient (Wildman–Crippen LogP) is 0.244. The molecule has 5 nitrogen and oxygen atoms in total. The largest absolute Gasteiger partial charge is 0.319 e. The van der Waals surface area contributed by atoms with Gasteiger partial charge in [0, 0.05) is 6.42 Å². The Bertz CT molecular complexity index is 268. The van der Waals surface area contributed by atoms with E-state index in [1.165, 1.54) is 4.80 Å². The fraction of sp³-hybridized carbons (Fsp3) is 0.889. The molecule has 1 aromatic heterocycles. The van der Waals surface area contributed by atoms with Crippen LogP contribution in [0.4, 0.5) is 0 Å². The molecule has 1 atom stereocenters. The lowest BCUT2D eigenvalue weighted by Crippen LogP contribution is -2.25. The molecule has 0 aliphatic carbocycles. The Hall–Kier alpha value is -0.970. The van der Waals surface area contributed by atoms with E-state index in [-0.39, 0.29) is 0 Å². The predicted molar refractivity (Wildman–Crippen MR) is 54.8 cm³/mol. The van der Waals surface area contributed by atoms with Crippen molar-refractivity contribution >= 4 is 0 Å². The second kappa shape index (κ2) is 5.05. The number of hydrogen-bond acceptors (Lipinski definition) is 4. The highest BCUT2D eigenvalue weighted by Gasteiger charge is 2.15. The van der Waals surface area contributed by atoms with Crippen LogP contribution in [0.5, 0.6) is 0 Å². The Balaban J connectivity index is 2.55. The van der Waals surface area contributed by atoms with Crippen molar-refractivity contribution < 1.29 is 0 Å². The zero-order chi connectivity index (χ0) is 10.6. The summed E-state index contributed by atoms with van der Waals surface area (Å²) >= 11 is 0. The molecule has 0 aliphatic heterocycles. The van der Waals surface area contributed by atoms with Gasteiger partial charge in [0.1, 0.15) is 0 Å². The van der Waals surface area contributed by atoms with Gasteiger partial charge in [-0.1, -0.05) is 13.8 Å². The van der Waals surface area contributed by atoms with Crippen molar-refractivity contribution in [1.29, 1.82) is 0 Å². The fourth-order valence-corrected chi connectivity index (χ4v) is 1.45. The van der Waals surface area contributed by atoms with Crippen LogP contribution in [0.15, 0.2) is 0 Å². The quantitative estimate of drug-likeness (QED) is 0.735. The van der Waals surface area contributed by atoms with Crippen molar-refractivity contribution in [3.8, 4) is 0 Å². The second-order valence-corrected chi connectivity index (χ2v) is 3.96. The maximum absolute atomic E-state index is 4.18. The van der Waals surface area contributed by atoms with Gasteiger partial charge in [-0.2, -0.15) is 4.80 Å². The summed E-state index contributed by atoms with van der Waals surface area (Å²) < 4.78 is 0. The summed E-state index contributed by atoms with van der Waals surface area (Å²) in [6.45, 7) is 5.44. The van der Waals surface area contributed by atoms with E-state index < -0.39 is 0 Å². The molecule has 1 heterocycles. The van der Waals surface area contributed by atoms with Crippen LogP contribution in [0, 0.1) is 11.8 Å². The lowest BCUT2D eigenvalue weighted by molar-refractivity contribution is 0.364. The molecule has 1 rings (SSSR count). The van der Waals surface area contributed by atoms with Crippen LogP contribution in [0.25, 0.3) is 0 Å². The van der Waals surface area contributed by atoms with Gasteiger partial charge in [-0.3, -0.25) is 0 Å². The van der Waals surface area contributed by atoms with E-state index >= 15 is 0 Å². The zero-order valence-electron chi connectivity index (χ0n) is 9.36. The van der Waals surface area contributed by atoms with Gasteiger partial charge < -0.3 is 5.32 Å². The number of nitrogens with one attached hydrogen (secondary N) is 1. The molecule has 1 aromatic rings. The van der Waals surface area contributed by atoms with Gasteiger partial charge in [0.25, 0.3) is 0 Å². The van der Waals surface area contributed by atoms with Gasteiger partial charge in [0.05, 0.1) is 7.05 Å². The van der Waals surface area contributed by atoms with Crippen molar-refractivity contribution in [3.05, 3.63) is 5.82 Å². The molecule has 1 unspecified atom stereocenters. The van der Waals surface area contributed by atoms with Crippen LogP contribution in [0.1, 0.15) is 19.7 Å². The smallest absolute Gasteiger partial charge is 0.175 e. The van der Waals surface area contributed by atoms with Gasteiger partial charge in [-0.25, -0.2) is 0 Å². The molecule has 0 fully saturated rings. The first-order valence-electron chi connectivity index (χ1n) is 5.01. The van der Waals surface area contributed by atoms with E-state index in [0.717, 1.165) is 18.8 Å². The highest BCUT2D eigenvalue weighted by atomic mass is 15.6. The summed E-state index contributed by atoms with van der Waals surface area (Å²) in [6.07, 6.45) is 0.895. The van der Waals surface area contributed by atoms with Crippen LogP contribution < -0.4 is 5.32 Å². The minimum Gasteiger partial charge on any atom is -0.319 e. The maximum atomic E-state index is 4.18.